The number of carbonyl (C=O) groups is 1. The van der Waals surface area contributed by atoms with Crippen molar-refractivity contribution in [3.05, 3.63) is 69.3 Å². The van der Waals surface area contributed by atoms with Gasteiger partial charge in [-0.1, -0.05) is 18.2 Å². The van der Waals surface area contributed by atoms with Crippen LogP contribution in [0.25, 0.3) is 22.3 Å². The minimum absolute atomic E-state index is 0.323. The largest absolute Gasteiger partial charge is 0.493 e. The zero-order valence-electron chi connectivity index (χ0n) is 26.2. The summed E-state index contributed by atoms with van der Waals surface area (Å²) in [6.07, 6.45) is 0.787. The minimum atomic E-state index is -1.11. The molecule has 1 unspecified atom stereocenters. The third-order valence-corrected chi connectivity index (χ3v) is 7.87. The van der Waals surface area contributed by atoms with Crippen LogP contribution in [0.5, 0.6) is 5.75 Å². The summed E-state index contributed by atoms with van der Waals surface area (Å²) >= 11 is 0. The molecule has 3 aromatic rings. The molecule has 0 saturated heterocycles. The van der Waals surface area contributed by atoms with Gasteiger partial charge in [-0.3, -0.25) is 4.98 Å². The Bertz CT molecular complexity index is 1520. The van der Waals surface area contributed by atoms with E-state index in [9.17, 15) is 4.79 Å². The molecular weight excluding hydrogens is 531 g/mol. The van der Waals surface area contributed by atoms with E-state index in [0.717, 1.165) is 48.3 Å². The van der Waals surface area contributed by atoms with Gasteiger partial charge in [0.1, 0.15) is 11.6 Å². The molecule has 1 aromatic heterocycles. The molecular formula is C35H43FN2O4. The third-order valence-electron chi connectivity index (χ3n) is 7.87. The highest BCUT2D eigenvalue weighted by atomic mass is 19.1. The van der Waals surface area contributed by atoms with E-state index in [0.29, 0.717) is 46.7 Å². The lowest BCUT2D eigenvalue weighted by Crippen LogP contribution is -2.31. The summed E-state index contributed by atoms with van der Waals surface area (Å²) in [4.78, 5) is 18.7. The van der Waals surface area contributed by atoms with Crippen LogP contribution in [0, 0.1) is 26.6 Å². The first-order chi connectivity index (χ1) is 19.9. The Kier molecular flexibility index (Phi) is 8.46. The molecule has 1 atom stereocenters. The number of aromatic nitrogens is 1. The van der Waals surface area contributed by atoms with E-state index in [1.165, 1.54) is 11.1 Å². The van der Waals surface area contributed by atoms with Crippen LogP contribution in [0.1, 0.15) is 86.3 Å². The number of hydrogen-bond donors (Lipinski definition) is 1. The molecule has 2 aliphatic rings. The molecule has 0 radical (unpaired) electrons. The summed E-state index contributed by atoms with van der Waals surface area (Å²) in [5, 5.41) is 3.43. The van der Waals surface area contributed by atoms with Gasteiger partial charge in [0.2, 0.25) is 0 Å². The highest BCUT2D eigenvalue weighted by Crippen LogP contribution is 2.47. The van der Waals surface area contributed by atoms with Crippen molar-refractivity contribution in [3.63, 3.8) is 0 Å². The number of hydrogen-bond acceptors (Lipinski definition) is 6. The number of rotatable bonds is 6. The Morgan fingerprint density at radius 2 is 1.81 bits per heavy atom. The summed E-state index contributed by atoms with van der Waals surface area (Å²) in [7, 11) is 0. The van der Waals surface area contributed by atoms with Gasteiger partial charge in [0, 0.05) is 45.7 Å². The summed E-state index contributed by atoms with van der Waals surface area (Å²) in [6, 6.07) is 8.26. The van der Waals surface area contributed by atoms with Gasteiger partial charge >= 0.3 is 5.97 Å². The van der Waals surface area contributed by atoms with E-state index >= 15 is 4.39 Å². The van der Waals surface area contributed by atoms with Gasteiger partial charge in [0.15, 0.2) is 6.10 Å². The van der Waals surface area contributed by atoms with Crippen LogP contribution in [-0.2, 0) is 33.7 Å². The minimum Gasteiger partial charge on any atom is -0.493 e. The van der Waals surface area contributed by atoms with Crippen LogP contribution in [0.2, 0.25) is 0 Å². The van der Waals surface area contributed by atoms with E-state index in [2.05, 4.69) is 23.5 Å². The van der Waals surface area contributed by atoms with Crippen LogP contribution in [-0.4, -0.2) is 35.8 Å². The first-order valence-corrected chi connectivity index (χ1v) is 15.0. The van der Waals surface area contributed by atoms with Crippen molar-refractivity contribution in [1.29, 1.82) is 0 Å². The van der Waals surface area contributed by atoms with Gasteiger partial charge in [-0.15, -0.1) is 0 Å². The van der Waals surface area contributed by atoms with Crippen LogP contribution in [0.4, 0.5) is 4.39 Å². The van der Waals surface area contributed by atoms with Crippen LogP contribution in [0.15, 0.2) is 24.3 Å². The Labute approximate surface area is 249 Å². The predicted octanol–water partition coefficient (Wildman–Crippen LogP) is 7.26. The smallest absolute Gasteiger partial charge is 0.340 e. The zero-order valence-corrected chi connectivity index (χ0v) is 26.2. The average Bonchev–Trinajstić information content (AvgIpc) is 2.92. The number of ether oxygens (including phenoxy) is 3. The molecule has 0 saturated carbocycles. The number of carbonyl (C=O) groups excluding carboxylic acids is 1. The molecule has 7 heteroatoms. The number of halogens is 1. The van der Waals surface area contributed by atoms with Crippen molar-refractivity contribution in [3.8, 4) is 28.0 Å². The van der Waals surface area contributed by atoms with E-state index < -0.39 is 17.7 Å². The number of nitrogens with one attached hydrogen (secondary N) is 1. The summed E-state index contributed by atoms with van der Waals surface area (Å²) < 4.78 is 34.9. The van der Waals surface area contributed by atoms with Crippen molar-refractivity contribution >= 4 is 5.97 Å². The molecule has 0 fully saturated rings. The molecule has 3 heterocycles. The standard InChI is InChI=1S/C35H43FN2O4/c1-19(2)41-34(39)33(42-35(6,7)8)29-22(5)38-21(4)28(24-11-12-25-18-37-14-13-23(25)17-24)30(29)27-16-20(3)32-26(31(27)36)10-9-15-40-32/h11-12,16-17,19,33,37H,9-10,13-15,18H2,1-8H3. The van der Waals surface area contributed by atoms with E-state index in [-0.39, 0.29) is 11.9 Å². The van der Waals surface area contributed by atoms with E-state index in [1.54, 1.807) is 0 Å². The first-order valence-electron chi connectivity index (χ1n) is 15.0. The lowest BCUT2D eigenvalue weighted by molar-refractivity contribution is -0.171. The average molecular weight is 575 g/mol. The summed E-state index contributed by atoms with van der Waals surface area (Å²) in [6.45, 7) is 17.4. The molecule has 2 aromatic carbocycles. The number of aryl methyl sites for hydroxylation is 3. The molecule has 2 aliphatic heterocycles. The lowest BCUT2D eigenvalue weighted by Gasteiger charge is -2.31. The number of fused-ring (bicyclic) bond motifs is 2. The molecule has 0 bridgehead atoms. The second-order valence-electron chi connectivity index (χ2n) is 12.8. The van der Waals surface area contributed by atoms with Gasteiger partial charge in [0.05, 0.1) is 18.3 Å². The quantitative estimate of drug-likeness (QED) is 0.313. The van der Waals surface area contributed by atoms with E-state index in [4.69, 9.17) is 19.2 Å². The second-order valence-corrected chi connectivity index (χ2v) is 12.8. The Balaban J connectivity index is 1.87. The van der Waals surface area contributed by atoms with Gasteiger partial charge in [-0.2, -0.15) is 0 Å². The second kappa shape index (κ2) is 11.8. The highest BCUT2D eigenvalue weighted by molar-refractivity contribution is 5.92. The zero-order chi connectivity index (χ0) is 30.3. The van der Waals surface area contributed by atoms with Crippen LogP contribution < -0.4 is 10.1 Å². The molecule has 0 aliphatic carbocycles. The SMILES string of the molecule is Cc1cc(-c2c(-c3ccc4c(c3)CCNC4)c(C)nc(C)c2C(OC(C)(C)C)C(=O)OC(C)C)c(F)c2c1OCCC2. The Morgan fingerprint density at radius 3 is 2.52 bits per heavy atom. The van der Waals surface area contributed by atoms with Gasteiger partial charge in [-0.05, 0) is 110 Å². The van der Waals surface area contributed by atoms with Crippen molar-refractivity contribution in [1.82, 2.24) is 10.3 Å². The summed E-state index contributed by atoms with van der Waals surface area (Å²) in [5.41, 5.74) is 7.95. The highest BCUT2D eigenvalue weighted by Gasteiger charge is 2.36. The van der Waals surface area contributed by atoms with Crippen LogP contribution >= 0.6 is 0 Å². The number of pyridine rings is 1. The Hall–Kier alpha value is -3.29. The molecule has 6 nitrogen and oxygen atoms in total. The molecule has 224 valence electrons. The Morgan fingerprint density at radius 1 is 1.05 bits per heavy atom. The predicted molar refractivity (Wildman–Crippen MR) is 163 cm³/mol. The molecule has 42 heavy (non-hydrogen) atoms. The van der Waals surface area contributed by atoms with E-state index in [1.807, 2.05) is 61.5 Å². The fourth-order valence-corrected chi connectivity index (χ4v) is 6.20. The van der Waals surface area contributed by atoms with Crippen molar-refractivity contribution < 1.29 is 23.4 Å². The van der Waals surface area contributed by atoms with Crippen molar-refractivity contribution in [2.45, 2.75) is 99.0 Å². The number of nitrogens with zero attached hydrogens (tertiary/aromatic N) is 1. The normalized spacial score (nSPS) is 15.6. The third kappa shape index (κ3) is 5.95. The van der Waals surface area contributed by atoms with Crippen LogP contribution in [0.3, 0.4) is 0 Å². The van der Waals surface area contributed by atoms with Gasteiger partial charge in [-0.25, -0.2) is 9.18 Å². The number of benzene rings is 2. The molecule has 0 spiro atoms. The number of esters is 1. The van der Waals surface area contributed by atoms with Crippen molar-refractivity contribution in [2.24, 2.45) is 0 Å². The van der Waals surface area contributed by atoms with Gasteiger partial charge < -0.3 is 19.5 Å². The maximum absolute atomic E-state index is 16.8. The first kappa shape index (κ1) is 30.2. The monoisotopic (exact) mass is 574 g/mol. The van der Waals surface area contributed by atoms with Gasteiger partial charge in [0.25, 0.3) is 0 Å². The molecule has 1 N–H and O–H groups in total. The maximum atomic E-state index is 16.8. The fourth-order valence-electron chi connectivity index (χ4n) is 6.20. The fraction of sp³-hybridized carbons (Fsp3) is 0.486. The summed E-state index contributed by atoms with van der Waals surface area (Å²) in [5.74, 6) is -0.219. The molecule has 0 amide bonds. The van der Waals surface area contributed by atoms with Crippen molar-refractivity contribution in [2.75, 3.05) is 13.2 Å². The lowest BCUT2D eigenvalue weighted by atomic mass is 9.83. The molecule has 5 rings (SSSR count). The topological polar surface area (TPSA) is 69.7 Å². The maximum Gasteiger partial charge on any atom is 0.340 e.